The van der Waals surface area contributed by atoms with Gasteiger partial charge in [0.15, 0.2) is 0 Å². The van der Waals surface area contributed by atoms with Crippen LogP contribution in [0.4, 0.5) is 5.69 Å². The fourth-order valence-corrected chi connectivity index (χ4v) is 1.76. The van der Waals surface area contributed by atoms with Gasteiger partial charge in [-0.25, -0.2) is 0 Å². The molecule has 0 bridgehead atoms. The van der Waals surface area contributed by atoms with Gasteiger partial charge in [0.05, 0.1) is 5.69 Å². The zero-order valence-electron chi connectivity index (χ0n) is 10.3. The zero-order chi connectivity index (χ0) is 12.8. The first-order chi connectivity index (χ1) is 8.79. The van der Waals surface area contributed by atoms with Crippen molar-refractivity contribution in [3.63, 3.8) is 0 Å². The van der Waals surface area contributed by atoms with E-state index in [-0.39, 0.29) is 0 Å². The number of nitrogen functional groups attached to an aromatic ring is 1. The molecule has 0 aliphatic carbocycles. The summed E-state index contributed by atoms with van der Waals surface area (Å²) in [6.45, 7) is 4.25. The number of nitrogens with two attached hydrogens (primary N) is 1. The van der Waals surface area contributed by atoms with Gasteiger partial charge in [-0.2, -0.15) is 0 Å². The molecule has 0 atom stereocenters. The molecule has 0 saturated carbocycles. The molecule has 0 heterocycles. The molecule has 2 rings (SSSR count). The maximum Gasteiger partial charge on any atom is 0.142 e. The molecule has 2 heteroatoms. The largest absolute Gasteiger partial charge is 0.487 e. The molecule has 0 amide bonds. The highest BCUT2D eigenvalue weighted by Crippen LogP contribution is 2.23. The smallest absolute Gasteiger partial charge is 0.142 e. The van der Waals surface area contributed by atoms with Gasteiger partial charge >= 0.3 is 0 Å². The second-order valence-electron chi connectivity index (χ2n) is 4.14. The Morgan fingerprint density at radius 3 is 2.50 bits per heavy atom. The number of anilines is 1. The maximum absolute atomic E-state index is 5.96. The van der Waals surface area contributed by atoms with E-state index in [4.69, 9.17) is 10.5 Å². The van der Waals surface area contributed by atoms with Crippen molar-refractivity contribution in [2.45, 2.75) is 13.0 Å². The Morgan fingerprint density at radius 2 is 1.83 bits per heavy atom. The number of ether oxygens (including phenoxy) is 1. The van der Waals surface area contributed by atoms with E-state index in [1.54, 1.807) is 0 Å². The Hall–Kier alpha value is -2.22. The van der Waals surface area contributed by atoms with Gasteiger partial charge in [0.25, 0.3) is 0 Å². The first-order valence-electron chi connectivity index (χ1n) is 5.95. The fourth-order valence-electron chi connectivity index (χ4n) is 1.76. The first kappa shape index (κ1) is 12.2. The number of rotatable bonds is 5. The topological polar surface area (TPSA) is 35.2 Å². The van der Waals surface area contributed by atoms with E-state index in [1.165, 1.54) is 0 Å². The molecule has 92 valence electrons. The standard InChI is InChI=1S/C16H17NO/c1-2-6-13-9-10-16(15(17)11-13)18-12-14-7-4-3-5-8-14/h2-5,7-11H,1,6,12,17H2. The van der Waals surface area contributed by atoms with Crippen LogP contribution in [0.2, 0.25) is 0 Å². The molecule has 0 aliphatic heterocycles. The average molecular weight is 239 g/mol. The van der Waals surface area contributed by atoms with Crippen LogP contribution < -0.4 is 10.5 Å². The molecule has 18 heavy (non-hydrogen) atoms. The van der Waals surface area contributed by atoms with Crippen molar-refractivity contribution in [3.05, 3.63) is 72.3 Å². The number of allylic oxidation sites excluding steroid dienone is 1. The van der Waals surface area contributed by atoms with Gasteiger partial charge in [0.1, 0.15) is 12.4 Å². The van der Waals surface area contributed by atoms with E-state index in [1.807, 2.05) is 54.6 Å². The summed E-state index contributed by atoms with van der Waals surface area (Å²) in [5.41, 5.74) is 8.91. The second-order valence-corrected chi connectivity index (χ2v) is 4.14. The molecule has 2 aromatic carbocycles. The van der Waals surface area contributed by atoms with E-state index in [0.29, 0.717) is 12.3 Å². The van der Waals surface area contributed by atoms with E-state index in [0.717, 1.165) is 23.3 Å². The minimum absolute atomic E-state index is 0.534. The van der Waals surface area contributed by atoms with Crippen molar-refractivity contribution in [1.82, 2.24) is 0 Å². The van der Waals surface area contributed by atoms with Crippen LogP contribution >= 0.6 is 0 Å². The van der Waals surface area contributed by atoms with Crippen molar-refractivity contribution >= 4 is 5.69 Å². The molecular formula is C16H17NO. The van der Waals surface area contributed by atoms with Crippen LogP contribution in [0.15, 0.2) is 61.2 Å². The lowest BCUT2D eigenvalue weighted by molar-refractivity contribution is 0.308. The molecule has 0 aromatic heterocycles. The average Bonchev–Trinajstić information content (AvgIpc) is 2.39. The second kappa shape index (κ2) is 5.92. The quantitative estimate of drug-likeness (QED) is 0.639. The molecule has 2 N–H and O–H groups in total. The summed E-state index contributed by atoms with van der Waals surface area (Å²) >= 11 is 0. The van der Waals surface area contributed by atoms with Crippen LogP contribution in [0.3, 0.4) is 0 Å². The molecule has 0 radical (unpaired) electrons. The van der Waals surface area contributed by atoms with Crippen LogP contribution in [0.5, 0.6) is 5.75 Å². The van der Waals surface area contributed by atoms with Crippen molar-refractivity contribution in [3.8, 4) is 5.75 Å². The monoisotopic (exact) mass is 239 g/mol. The van der Waals surface area contributed by atoms with Crippen LogP contribution in [0, 0.1) is 0 Å². The lowest BCUT2D eigenvalue weighted by Gasteiger charge is -2.10. The van der Waals surface area contributed by atoms with Gasteiger partial charge in [-0.3, -0.25) is 0 Å². The summed E-state index contributed by atoms with van der Waals surface area (Å²) < 4.78 is 5.71. The van der Waals surface area contributed by atoms with E-state index < -0.39 is 0 Å². The van der Waals surface area contributed by atoms with Gasteiger partial charge in [0.2, 0.25) is 0 Å². The molecule has 0 fully saturated rings. The van der Waals surface area contributed by atoms with Crippen LogP contribution in [0.25, 0.3) is 0 Å². The van der Waals surface area contributed by atoms with Crippen LogP contribution in [-0.2, 0) is 13.0 Å². The molecule has 0 unspecified atom stereocenters. The minimum Gasteiger partial charge on any atom is -0.487 e. The third-order valence-corrected chi connectivity index (χ3v) is 2.69. The van der Waals surface area contributed by atoms with Gasteiger partial charge in [-0.05, 0) is 29.7 Å². The van der Waals surface area contributed by atoms with Gasteiger partial charge in [-0.1, -0.05) is 42.5 Å². The number of hydrogen-bond acceptors (Lipinski definition) is 2. The Balaban J connectivity index is 2.03. The van der Waals surface area contributed by atoms with Gasteiger partial charge in [-0.15, -0.1) is 6.58 Å². The Kier molecular flexibility index (Phi) is 4.02. The SMILES string of the molecule is C=CCc1ccc(OCc2ccccc2)c(N)c1. The molecule has 0 saturated heterocycles. The van der Waals surface area contributed by atoms with Gasteiger partial charge in [0, 0.05) is 0 Å². The lowest BCUT2D eigenvalue weighted by Crippen LogP contribution is -1.99. The number of hydrogen-bond donors (Lipinski definition) is 1. The highest BCUT2D eigenvalue weighted by atomic mass is 16.5. The summed E-state index contributed by atoms with van der Waals surface area (Å²) in [5.74, 6) is 0.728. The molecular weight excluding hydrogens is 222 g/mol. The number of benzene rings is 2. The predicted octanol–water partition coefficient (Wildman–Crippen LogP) is 3.58. The minimum atomic E-state index is 0.534. The van der Waals surface area contributed by atoms with Crippen molar-refractivity contribution in [1.29, 1.82) is 0 Å². The Morgan fingerprint density at radius 1 is 1.06 bits per heavy atom. The summed E-state index contributed by atoms with van der Waals surface area (Å²) in [4.78, 5) is 0. The molecule has 2 nitrogen and oxygen atoms in total. The van der Waals surface area contributed by atoms with Crippen molar-refractivity contribution < 1.29 is 4.74 Å². The lowest BCUT2D eigenvalue weighted by atomic mass is 10.1. The van der Waals surface area contributed by atoms with Gasteiger partial charge < -0.3 is 10.5 Å². The van der Waals surface area contributed by atoms with Crippen LogP contribution in [-0.4, -0.2) is 0 Å². The molecule has 0 aliphatic rings. The fraction of sp³-hybridized carbons (Fsp3) is 0.125. The predicted molar refractivity (Wildman–Crippen MR) is 75.5 cm³/mol. The van der Waals surface area contributed by atoms with E-state index in [9.17, 15) is 0 Å². The highest BCUT2D eigenvalue weighted by Gasteiger charge is 2.02. The third-order valence-electron chi connectivity index (χ3n) is 2.69. The molecule has 2 aromatic rings. The van der Waals surface area contributed by atoms with Crippen LogP contribution in [0.1, 0.15) is 11.1 Å². The normalized spacial score (nSPS) is 10.0. The maximum atomic E-state index is 5.96. The Bertz CT molecular complexity index is 520. The Labute approximate surface area is 108 Å². The van der Waals surface area contributed by atoms with E-state index in [2.05, 4.69) is 6.58 Å². The third kappa shape index (κ3) is 3.14. The van der Waals surface area contributed by atoms with Crippen molar-refractivity contribution in [2.24, 2.45) is 0 Å². The summed E-state index contributed by atoms with van der Waals surface area (Å²) in [6, 6.07) is 15.9. The zero-order valence-corrected chi connectivity index (χ0v) is 10.3. The highest BCUT2D eigenvalue weighted by molar-refractivity contribution is 5.54. The summed E-state index contributed by atoms with van der Waals surface area (Å²) in [7, 11) is 0. The summed E-state index contributed by atoms with van der Waals surface area (Å²) in [5, 5.41) is 0. The molecule has 0 spiro atoms. The van der Waals surface area contributed by atoms with Crippen molar-refractivity contribution in [2.75, 3.05) is 5.73 Å². The first-order valence-corrected chi connectivity index (χ1v) is 5.95. The van der Waals surface area contributed by atoms with E-state index >= 15 is 0 Å². The summed E-state index contributed by atoms with van der Waals surface area (Å²) in [6.07, 6.45) is 2.68.